The molecule has 0 radical (unpaired) electrons. The predicted molar refractivity (Wildman–Crippen MR) is 109 cm³/mol. The molecule has 0 saturated carbocycles. The molecule has 0 N–H and O–H groups in total. The van der Waals surface area contributed by atoms with Gasteiger partial charge in [-0.25, -0.2) is 4.63 Å². The SMILES string of the molecule is CN(Cc1ccc2nonc2c1)C(=O)[C@@H]1CCC(=O)N(CCCN2CCOCC2)C1. The van der Waals surface area contributed by atoms with Crippen LogP contribution in [-0.4, -0.2) is 89.8 Å². The van der Waals surface area contributed by atoms with Crippen molar-refractivity contribution in [3.8, 4) is 0 Å². The van der Waals surface area contributed by atoms with Gasteiger partial charge in [0.1, 0.15) is 11.0 Å². The number of benzene rings is 1. The summed E-state index contributed by atoms with van der Waals surface area (Å²) >= 11 is 0. The molecule has 2 aliphatic rings. The van der Waals surface area contributed by atoms with Crippen LogP contribution in [0.4, 0.5) is 0 Å². The first kappa shape index (κ1) is 20.7. The van der Waals surface area contributed by atoms with Gasteiger partial charge >= 0.3 is 0 Å². The molecule has 0 spiro atoms. The van der Waals surface area contributed by atoms with Crippen LogP contribution in [0.15, 0.2) is 22.8 Å². The van der Waals surface area contributed by atoms with E-state index < -0.39 is 0 Å². The second kappa shape index (κ2) is 9.53. The quantitative estimate of drug-likeness (QED) is 0.670. The van der Waals surface area contributed by atoms with Crippen molar-refractivity contribution in [2.45, 2.75) is 25.8 Å². The number of nitrogens with zero attached hydrogens (tertiary/aromatic N) is 5. The first-order valence-corrected chi connectivity index (χ1v) is 10.6. The number of hydrogen-bond donors (Lipinski definition) is 0. The third-order valence-electron chi connectivity index (χ3n) is 5.97. The van der Waals surface area contributed by atoms with Gasteiger partial charge in [-0.3, -0.25) is 14.5 Å². The summed E-state index contributed by atoms with van der Waals surface area (Å²) in [5.41, 5.74) is 2.36. The topological polar surface area (TPSA) is 92.0 Å². The Hall–Kier alpha value is -2.52. The Morgan fingerprint density at radius 1 is 1.20 bits per heavy atom. The number of rotatable bonds is 7. The molecule has 0 bridgehead atoms. The number of piperidine rings is 1. The lowest BCUT2D eigenvalue weighted by Crippen LogP contribution is -2.47. The van der Waals surface area contributed by atoms with E-state index in [-0.39, 0.29) is 17.7 Å². The Morgan fingerprint density at radius 2 is 2.00 bits per heavy atom. The summed E-state index contributed by atoms with van der Waals surface area (Å²) in [4.78, 5) is 31.3. The van der Waals surface area contributed by atoms with E-state index in [2.05, 4.69) is 15.2 Å². The van der Waals surface area contributed by atoms with E-state index in [4.69, 9.17) is 9.37 Å². The number of carbonyl (C=O) groups is 2. The van der Waals surface area contributed by atoms with Crippen molar-refractivity contribution in [2.24, 2.45) is 5.92 Å². The van der Waals surface area contributed by atoms with Crippen molar-refractivity contribution in [3.63, 3.8) is 0 Å². The Labute approximate surface area is 175 Å². The van der Waals surface area contributed by atoms with E-state index in [1.807, 2.05) is 30.1 Å². The zero-order chi connectivity index (χ0) is 20.9. The van der Waals surface area contributed by atoms with Crippen LogP contribution < -0.4 is 0 Å². The molecule has 2 fully saturated rings. The molecule has 162 valence electrons. The first-order valence-electron chi connectivity index (χ1n) is 10.6. The molecule has 2 aliphatic heterocycles. The fourth-order valence-electron chi connectivity index (χ4n) is 4.23. The van der Waals surface area contributed by atoms with E-state index in [1.165, 1.54) is 0 Å². The van der Waals surface area contributed by atoms with Crippen molar-refractivity contribution in [1.82, 2.24) is 25.0 Å². The van der Waals surface area contributed by atoms with E-state index in [9.17, 15) is 9.59 Å². The van der Waals surface area contributed by atoms with Gasteiger partial charge in [0.2, 0.25) is 11.8 Å². The molecule has 0 aliphatic carbocycles. The number of likely N-dealkylation sites (tertiary alicyclic amines) is 1. The third kappa shape index (κ3) is 4.96. The number of aromatic nitrogens is 2. The summed E-state index contributed by atoms with van der Waals surface area (Å²) in [6.07, 6.45) is 1.99. The van der Waals surface area contributed by atoms with Crippen molar-refractivity contribution in [3.05, 3.63) is 23.8 Å². The van der Waals surface area contributed by atoms with Crippen LogP contribution in [0.2, 0.25) is 0 Å². The molecule has 9 heteroatoms. The molecule has 9 nitrogen and oxygen atoms in total. The minimum atomic E-state index is -0.145. The molecule has 1 aromatic heterocycles. The highest BCUT2D eigenvalue weighted by Crippen LogP contribution is 2.21. The lowest BCUT2D eigenvalue weighted by molar-refractivity contribution is -0.142. The maximum Gasteiger partial charge on any atom is 0.227 e. The molecule has 0 unspecified atom stereocenters. The van der Waals surface area contributed by atoms with Gasteiger partial charge in [0.25, 0.3) is 0 Å². The molecular weight excluding hydrogens is 386 g/mol. The number of carbonyl (C=O) groups excluding carboxylic acids is 2. The van der Waals surface area contributed by atoms with Gasteiger partial charge in [-0.2, -0.15) is 0 Å². The maximum atomic E-state index is 13.0. The number of hydrogen-bond acceptors (Lipinski definition) is 7. The lowest BCUT2D eigenvalue weighted by Gasteiger charge is -2.34. The zero-order valence-electron chi connectivity index (χ0n) is 17.5. The van der Waals surface area contributed by atoms with Gasteiger partial charge < -0.3 is 14.5 Å². The van der Waals surface area contributed by atoms with E-state index in [1.54, 1.807) is 4.90 Å². The second-order valence-corrected chi connectivity index (χ2v) is 8.16. The van der Waals surface area contributed by atoms with Crippen LogP contribution in [0.25, 0.3) is 11.0 Å². The number of morpholine rings is 1. The number of ether oxygens (including phenoxy) is 1. The third-order valence-corrected chi connectivity index (χ3v) is 5.97. The van der Waals surface area contributed by atoms with Gasteiger partial charge in [0.15, 0.2) is 0 Å². The van der Waals surface area contributed by atoms with E-state index in [0.29, 0.717) is 43.5 Å². The Morgan fingerprint density at radius 3 is 2.83 bits per heavy atom. The van der Waals surface area contributed by atoms with Crippen LogP contribution in [0, 0.1) is 5.92 Å². The standard InChI is InChI=1S/C21H29N5O4/c1-24(14-16-3-5-18-19(13-16)23-30-22-18)21(28)17-4-6-20(27)26(15-17)8-2-7-25-9-11-29-12-10-25/h3,5,13,17H,2,4,6-12,14-15H2,1H3/t17-/m1/s1. The van der Waals surface area contributed by atoms with Crippen LogP contribution in [0.1, 0.15) is 24.8 Å². The predicted octanol–water partition coefficient (Wildman–Crippen LogP) is 1.14. The highest BCUT2D eigenvalue weighted by atomic mass is 16.6. The van der Waals surface area contributed by atoms with Gasteiger partial charge in [0, 0.05) is 52.7 Å². The number of fused-ring (bicyclic) bond motifs is 1. The fraction of sp³-hybridized carbons (Fsp3) is 0.619. The average Bonchev–Trinajstić information content (AvgIpc) is 3.23. The summed E-state index contributed by atoms with van der Waals surface area (Å²) < 4.78 is 10.1. The summed E-state index contributed by atoms with van der Waals surface area (Å²) in [6.45, 7) is 6.15. The summed E-state index contributed by atoms with van der Waals surface area (Å²) in [5, 5.41) is 7.66. The molecule has 1 atom stereocenters. The summed E-state index contributed by atoms with van der Waals surface area (Å²) in [7, 11) is 1.81. The van der Waals surface area contributed by atoms with Crippen LogP contribution in [0.3, 0.4) is 0 Å². The lowest BCUT2D eigenvalue weighted by atomic mass is 9.95. The van der Waals surface area contributed by atoms with E-state index >= 15 is 0 Å². The van der Waals surface area contributed by atoms with Gasteiger partial charge in [-0.05, 0) is 40.9 Å². The van der Waals surface area contributed by atoms with Crippen LogP contribution in [-0.2, 0) is 20.9 Å². The summed E-state index contributed by atoms with van der Waals surface area (Å²) in [5.74, 6) is 0.0975. The number of amides is 2. The van der Waals surface area contributed by atoms with Crippen molar-refractivity contribution in [1.29, 1.82) is 0 Å². The monoisotopic (exact) mass is 415 g/mol. The molecular formula is C21H29N5O4. The summed E-state index contributed by atoms with van der Waals surface area (Å²) in [6, 6.07) is 5.66. The van der Waals surface area contributed by atoms with Gasteiger partial charge in [0.05, 0.1) is 19.1 Å². The van der Waals surface area contributed by atoms with Crippen molar-refractivity contribution in [2.75, 3.05) is 53.0 Å². The van der Waals surface area contributed by atoms with Crippen LogP contribution >= 0.6 is 0 Å². The highest BCUT2D eigenvalue weighted by Gasteiger charge is 2.31. The Balaban J connectivity index is 1.28. The molecule has 1 aromatic carbocycles. The molecule has 2 amide bonds. The normalized spacial score (nSPS) is 20.6. The molecule has 2 saturated heterocycles. The molecule has 30 heavy (non-hydrogen) atoms. The minimum Gasteiger partial charge on any atom is -0.379 e. The molecule has 4 rings (SSSR count). The minimum absolute atomic E-state index is 0.0825. The average molecular weight is 415 g/mol. The van der Waals surface area contributed by atoms with Crippen LogP contribution in [0.5, 0.6) is 0 Å². The zero-order valence-corrected chi connectivity index (χ0v) is 17.5. The van der Waals surface area contributed by atoms with E-state index in [0.717, 1.165) is 44.8 Å². The van der Waals surface area contributed by atoms with Crippen molar-refractivity contribution < 1.29 is 19.0 Å². The first-order chi connectivity index (χ1) is 14.6. The smallest absolute Gasteiger partial charge is 0.227 e. The van der Waals surface area contributed by atoms with Gasteiger partial charge in [-0.1, -0.05) is 6.07 Å². The Kier molecular flexibility index (Phi) is 6.59. The van der Waals surface area contributed by atoms with Gasteiger partial charge in [-0.15, -0.1) is 0 Å². The maximum absolute atomic E-state index is 13.0. The molecule has 2 aromatic rings. The van der Waals surface area contributed by atoms with Crippen molar-refractivity contribution >= 4 is 22.8 Å². The molecule has 3 heterocycles. The second-order valence-electron chi connectivity index (χ2n) is 8.16. The Bertz CT molecular complexity index is 879. The highest BCUT2D eigenvalue weighted by molar-refractivity contribution is 5.84. The fourth-order valence-corrected chi connectivity index (χ4v) is 4.23. The largest absolute Gasteiger partial charge is 0.379 e.